The van der Waals surface area contributed by atoms with Crippen molar-refractivity contribution < 1.29 is 0 Å². The highest BCUT2D eigenvalue weighted by molar-refractivity contribution is 7.10. The molecule has 2 aliphatic carbocycles. The van der Waals surface area contributed by atoms with E-state index in [0.29, 0.717) is 0 Å². The van der Waals surface area contributed by atoms with Crippen molar-refractivity contribution in [2.75, 3.05) is 0 Å². The number of nitrogens with two attached hydrogens (primary N) is 1. The fraction of sp³-hybridized carbons (Fsp3) is 0.600. The second-order valence-electron chi connectivity index (χ2n) is 4.34. The standard InChI is InChI=1S/C10H12ClNS/c11-7-1-6-13-8(7)9(2-3-9)10(12)4-5-10/h1,6H,2-5,12H2. The molecule has 2 aliphatic rings. The molecule has 0 spiro atoms. The van der Waals surface area contributed by atoms with Gasteiger partial charge >= 0.3 is 0 Å². The summed E-state index contributed by atoms with van der Waals surface area (Å²) in [7, 11) is 0. The largest absolute Gasteiger partial charge is 0.324 e. The molecule has 0 aliphatic heterocycles. The van der Waals surface area contributed by atoms with E-state index in [1.807, 2.05) is 6.07 Å². The zero-order valence-corrected chi connectivity index (χ0v) is 8.92. The third kappa shape index (κ3) is 0.969. The Bertz CT molecular complexity index is 350. The van der Waals surface area contributed by atoms with Gasteiger partial charge in [0.05, 0.1) is 5.02 Å². The fourth-order valence-electron chi connectivity index (χ4n) is 2.32. The van der Waals surface area contributed by atoms with Crippen molar-refractivity contribution in [3.63, 3.8) is 0 Å². The summed E-state index contributed by atoms with van der Waals surface area (Å²) in [6.45, 7) is 0. The van der Waals surface area contributed by atoms with Gasteiger partial charge in [-0.25, -0.2) is 0 Å². The van der Waals surface area contributed by atoms with E-state index in [1.54, 1.807) is 11.3 Å². The number of hydrogen-bond donors (Lipinski definition) is 1. The lowest BCUT2D eigenvalue weighted by Crippen LogP contribution is -2.36. The summed E-state index contributed by atoms with van der Waals surface area (Å²) in [4.78, 5) is 1.34. The van der Waals surface area contributed by atoms with Crippen LogP contribution in [0.25, 0.3) is 0 Å². The average molecular weight is 214 g/mol. The van der Waals surface area contributed by atoms with E-state index in [0.717, 1.165) is 5.02 Å². The Kier molecular flexibility index (Phi) is 1.46. The van der Waals surface area contributed by atoms with Crippen molar-refractivity contribution in [1.82, 2.24) is 0 Å². The molecule has 0 atom stereocenters. The lowest BCUT2D eigenvalue weighted by molar-refractivity contribution is 0.511. The maximum Gasteiger partial charge on any atom is 0.0551 e. The lowest BCUT2D eigenvalue weighted by atomic mass is 9.93. The Balaban J connectivity index is 2.05. The van der Waals surface area contributed by atoms with Gasteiger partial charge in [-0.1, -0.05) is 11.6 Å². The molecule has 2 fully saturated rings. The molecular formula is C10H12ClNS. The van der Waals surface area contributed by atoms with Crippen LogP contribution in [0.4, 0.5) is 0 Å². The van der Waals surface area contributed by atoms with Crippen LogP contribution in [-0.4, -0.2) is 5.54 Å². The zero-order valence-electron chi connectivity index (χ0n) is 7.35. The van der Waals surface area contributed by atoms with E-state index in [2.05, 4.69) is 5.38 Å². The van der Waals surface area contributed by atoms with Gasteiger partial charge in [0.2, 0.25) is 0 Å². The molecule has 1 aromatic heterocycles. The quantitative estimate of drug-likeness (QED) is 0.804. The van der Waals surface area contributed by atoms with Crippen LogP contribution in [-0.2, 0) is 5.41 Å². The first kappa shape index (κ1) is 8.27. The van der Waals surface area contributed by atoms with E-state index in [1.165, 1.54) is 30.6 Å². The third-order valence-corrected chi connectivity index (χ3v) is 5.09. The molecule has 0 saturated heterocycles. The summed E-state index contributed by atoms with van der Waals surface area (Å²) >= 11 is 7.93. The van der Waals surface area contributed by atoms with Gasteiger partial charge in [-0.3, -0.25) is 0 Å². The summed E-state index contributed by atoms with van der Waals surface area (Å²) in [5.74, 6) is 0. The highest BCUT2D eigenvalue weighted by atomic mass is 35.5. The Morgan fingerprint density at radius 3 is 2.38 bits per heavy atom. The molecule has 1 aromatic rings. The van der Waals surface area contributed by atoms with Gasteiger partial charge in [-0.05, 0) is 37.1 Å². The first-order chi connectivity index (χ1) is 6.18. The van der Waals surface area contributed by atoms with Crippen LogP contribution in [0.3, 0.4) is 0 Å². The van der Waals surface area contributed by atoms with E-state index in [-0.39, 0.29) is 11.0 Å². The van der Waals surface area contributed by atoms with Crippen molar-refractivity contribution >= 4 is 22.9 Å². The first-order valence-corrected chi connectivity index (χ1v) is 5.96. The summed E-state index contributed by atoms with van der Waals surface area (Å²) in [5, 5.41) is 3.00. The van der Waals surface area contributed by atoms with Crippen LogP contribution >= 0.6 is 22.9 Å². The fourth-order valence-corrected chi connectivity index (χ4v) is 3.93. The average Bonchev–Trinajstić information content (AvgIpc) is 2.98. The lowest BCUT2D eigenvalue weighted by Gasteiger charge is -2.21. The molecule has 2 N–H and O–H groups in total. The second-order valence-corrected chi connectivity index (χ2v) is 5.66. The van der Waals surface area contributed by atoms with E-state index in [9.17, 15) is 0 Å². The molecular weight excluding hydrogens is 202 g/mol. The molecule has 0 amide bonds. The molecule has 0 unspecified atom stereocenters. The van der Waals surface area contributed by atoms with Gasteiger partial charge in [-0.15, -0.1) is 11.3 Å². The minimum Gasteiger partial charge on any atom is -0.324 e. The van der Waals surface area contributed by atoms with Crippen LogP contribution in [0, 0.1) is 0 Å². The van der Waals surface area contributed by atoms with Gasteiger partial charge in [0, 0.05) is 15.8 Å². The molecule has 3 heteroatoms. The summed E-state index contributed by atoms with van der Waals surface area (Å²) in [6, 6.07) is 1.99. The normalized spacial score (nSPS) is 27.2. The Morgan fingerprint density at radius 2 is 2.00 bits per heavy atom. The molecule has 70 valence electrons. The van der Waals surface area contributed by atoms with Crippen LogP contribution in [0.15, 0.2) is 11.4 Å². The van der Waals surface area contributed by atoms with Gasteiger partial charge in [-0.2, -0.15) is 0 Å². The van der Waals surface area contributed by atoms with Gasteiger partial charge in [0.15, 0.2) is 0 Å². The topological polar surface area (TPSA) is 26.0 Å². The predicted molar refractivity (Wildman–Crippen MR) is 56.4 cm³/mol. The number of rotatable bonds is 2. The Hall–Kier alpha value is -0.0500. The zero-order chi connectivity index (χ0) is 9.10. The van der Waals surface area contributed by atoms with Crippen molar-refractivity contribution in [2.24, 2.45) is 5.73 Å². The van der Waals surface area contributed by atoms with Crippen molar-refractivity contribution in [1.29, 1.82) is 0 Å². The molecule has 1 heterocycles. The van der Waals surface area contributed by atoms with Gasteiger partial charge < -0.3 is 5.73 Å². The third-order valence-electron chi connectivity index (χ3n) is 3.54. The van der Waals surface area contributed by atoms with E-state index >= 15 is 0 Å². The Labute approximate surface area is 86.9 Å². The van der Waals surface area contributed by atoms with Crippen molar-refractivity contribution in [3.05, 3.63) is 21.3 Å². The number of hydrogen-bond acceptors (Lipinski definition) is 2. The van der Waals surface area contributed by atoms with Crippen molar-refractivity contribution in [3.8, 4) is 0 Å². The highest BCUT2D eigenvalue weighted by Gasteiger charge is 2.65. The maximum absolute atomic E-state index is 6.29. The van der Waals surface area contributed by atoms with Crippen LogP contribution < -0.4 is 5.73 Å². The van der Waals surface area contributed by atoms with E-state index in [4.69, 9.17) is 17.3 Å². The highest BCUT2D eigenvalue weighted by Crippen LogP contribution is 2.65. The molecule has 0 aromatic carbocycles. The summed E-state index contributed by atoms with van der Waals surface area (Å²) < 4.78 is 0. The van der Waals surface area contributed by atoms with Crippen molar-refractivity contribution in [2.45, 2.75) is 36.6 Å². The number of halogens is 1. The first-order valence-electron chi connectivity index (χ1n) is 4.70. The minimum atomic E-state index is 0.0987. The second kappa shape index (κ2) is 2.30. The SMILES string of the molecule is NC1(C2(c3sccc3Cl)CC2)CC1. The van der Waals surface area contributed by atoms with Gasteiger partial charge in [0.1, 0.15) is 0 Å². The summed E-state index contributed by atoms with van der Waals surface area (Å²) in [6.07, 6.45) is 4.84. The molecule has 0 bridgehead atoms. The van der Waals surface area contributed by atoms with Crippen LogP contribution in [0.1, 0.15) is 30.6 Å². The maximum atomic E-state index is 6.29. The molecule has 13 heavy (non-hydrogen) atoms. The summed E-state index contributed by atoms with van der Waals surface area (Å²) in [5.41, 5.74) is 6.67. The molecule has 3 rings (SSSR count). The minimum absolute atomic E-state index is 0.0987. The Morgan fingerprint density at radius 1 is 1.31 bits per heavy atom. The molecule has 0 radical (unpaired) electrons. The molecule has 1 nitrogen and oxygen atoms in total. The predicted octanol–water partition coefficient (Wildman–Crippen LogP) is 2.92. The monoisotopic (exact) mass is 213 g/mol. The van der Waals surface area contributed by atoms with Crippen LogP contribution in [0.5, 0.6) is 0 Å². The smallest absolute Gasteiger partial charge is 0.0551 e. The van der Waals surface area contributed by atoms with Gasteiger partial charge in [0.25, 0.3) is 0 Å². The van der Waals surface area contributed by atoms with E-state index < -0.39 is 0 Å². The number of thiophene rings is 1. The van der Waals surface area contributed by atoms with Crippen LogP contribution in [0.2, 0.25) is 5.02 Å². The molecule has 2 saturated carbocycles.